The van der Waals surface area contributed by atoms with E-state index in [9.17, 15) is 4.79 Å². The van der Waals surface area contributed by atoms with E-state index >= 15 is 0 Å². The van der Waals surface area contributed by atoms with Gasteiger partial charge in [-0.1, -0.05) is 13.8 Å². The summed E-state index contributed by atoms with van der Waals surface area (Å²) in [6, 6.07) is 0.921. The number of carbonyl (C=O) groups is 1. The second kappa shape index (κ2) is 4.74. The van der Waals surface area contributed by atoms with Crippen molar-refractivity contribution in [2.24, 2.45) is 5.92 Å². The Balaban J connectivity index is 1.95. The molecule has 1 aliphatic carbocycles. The van der Waals surface area contributed by atoms with Crippen molar-refractivity contribution in [3.63, 3.8) is 0 Å². The van der Waals surface area contributed by atoms with Crippen molar-refractivity contribution in [3.05, 3.63) is 0 Å². The third-order valence-corrected chi connectivity index (χ3v) is 3.80. The molecular weight excluding hydrogens is 200 g/mol. The minimum Gasteiger partial charge on any atom is -0.338 e. The van der Waals surface area contributed by atoms with E-state index in [0.717, 1.165) is 25.3 Å². The summed E-state index contributed by atoms with van der Waals surface area (Å²) in [6.45, 7) is 7.40. The van der Waals surface area contributed by atoms with E-state index in [1.807, 2.05) is 0 Å². The van der Waals surface area contributed by atoms with E-state index in [1.54, 1.807) is 0 Å². The van der Waals surface area contributed by atoms with Crippen LogP contribution in [0.5, 0.6) is 0 Å². The summed E-state index contributed by atoms with van der Waals surface area (Å²) in [5.74, 6) is 1.11. The lowest BCUT2D eigenvalue weighted by Crippen LogP contribution is -2.55. The quantitative estimate of drug-likeness (QED) is 0.789. The number of nitrogens with one attached hydrogen (secondary N) is 1. The molecule has 0 aromatic carbocycles. The highest BCUT2D eigenvalue weighted by Gasteiger charge is 2.38. The number of piperidine rings is 1. The molecule has 1 aliphatic heterocycles. The smallest absolute Gasteiger partial charge is 0.239 e. The molecule has 1 heterocycles. The SMILES string of the molecule is CC(C)NC1CCCN(C(C)C2CC2)C1=O. The van der Waals surface area contributed by atoms with Gasteiger partial charge in [-0.3, -0.25) is 4.79 Å². The van der Waals surface area contributed by atoms with E-state index in [2.05, 4.69) is 31.0 Å². The van der Waals surface area contributed by atoms with Crippen LogP contribution in [0.15, 0.2) is 0 Å². The van der Waals surface area contributed by atoms with Crippen molar-refractivity contribution in [2.45, 2.75) is 64.6 Å². The van der Waals surface area contributed by atoms with Gasteiger partial charge in [0, 0.05) is 18.6 Å². The van der Waals surface area contributed by atoms with E-state index in [1.165, 1.54) is 12.8 Å². The maximum absolute atomic E-state index is 12.3. The standard InChI is InChI=1S/C13H24N2O/c1-9(2)14-12-5-4-8-15(13(12)16)10(3)11-6-7-11/h9-12,14H,4-8H2,1-3H3. The van der Waals surface area contributed by atoms with E-state index in [-0.39, 0.29) is 6.04 Å². The van der Waals surface area contributed by atoms with Crippen LogP contribution in [0, 0.1) is 5.92 Å². The van der Waals surface area contributed by atoms with Gasteiger partial charge in [0.15, 0.2) is 0 Å². The zero-order valence-electron chi connectivity index (χ0n) is 10.7. The van der Waals surface area contributed by atoms with Gasteiger partial charge in [0.2, 0.25) is 5.91 Å². The monoisotopic (exact) mass is 224 g/mol. The van der Waals surface area contributed by atoms with Crippen molar-refractivity contribution in [1.82, 2.24) is 10.2 Å². The number of amides is 1. The summed E-state index contributed by atoms with van der Waals surface area (Å²) in [6.07, 6.45) is 4.78. The molecule has 0 bridgehead atoms. The highest BCUT2D eigenvalue weighted by atomic mass is 16.2. The van der Waals surface area contributed by atoms with Crippen LogP contribution in [0.3, 0.4) is 0 Å². The summed E-state index contributed by atoms with van der Waals surface area (Å²) in [5, 5.41) is 3.38. The molecule has 0 spiro atoms. The maximum atomic E-state index is 12.3. The molecule has 3 nitrogen and oxygen atoms in total. The molecule has 16 heavy (non-hydrogen) atoms. The fourth-order valence-electron chi connectivity index (χ4n) is 2.69. The first-order valence-electron chi connectivity index (χ1n) is 6.66. The zero-order valence-corrected chi connectivity index (χ0v) is 10.7. The minimum absolute atomic E-state index is 0.0648. The van der Waals surface area contributed by atoms with Gasteiger partial charge in [-0.2, -0.15) is 0 Å². The van der Waals surface area contributed by atoms with Crippen LogP contribution in [0.1, 0.15) is 46.5 Å². The Morgan fingerprint density at radius 2 is 1.94 bits per heavy atom. The molecule has 2 rings (SSSR count). The Kier molecular flexibility index (Phi) is 3.53. The summed E-state index contributed by atoms with van der Waals surface area (Å²) in [4.78, 5) is 14.4. The summed E-state index contributed by atoms with van der Waals surface area (Å²) in [5.41, 5.74) is 0. The number of hydrogen-bond acceptors (Lipinski definition) is 2. The molecule has 0 aromatic rings. The zero-order chi connectivity index (χ0) is 11.7. The minimum atomic E-state index is 0.0648. The van der Waals surface area contributed by atoms with Crippen LogP contribution in [-0.4, -0.2) is 35.5 Å². The van der Waals surface area contributed by atoms with Crippen LogP contribution in [-0.2, 0) is 4.79 Å². The van der Waals surface area contributed by atoms with Gasteiger partial charge in [0.1, 0.15) is 0 Å². The van der Waals surface area contributed by atoms with Gasteiger partial charge in [0.25, 0.3) is 0 Å². The predicted octanol–water partition coefficient (Wildman–Crippen LogP) is 1.77. The first-order valence-corrected chi connectivity index (χ1v) is 6.66. The van der Waals surface area contributed by atoms with E-state index in [0.29, 0.717) is 18.0 Å². The number of hydrogen-bond donors (Lipinski definition) is 1. The third kappa shape index (κ3) is 2.57. The lowest BCUT2D eigenvalue weighted by molar-refractivity contribution is -0.138. The Hall–Kier alpha value is -0.570. The average molecular weight is 224 g/mol. The maximum Gasteiger partial charge on any atom is 0.239 e. The molecule has 92 valence electrons. The molecule has 0 radical (unpaired) electrons. The molecule has 1 amide bonds. The van der Waals surface area contributed by atoms with Gasteiger partial charge in [-0.15, -0.1) is 0 Å². The predicted molar refractivity (Wildman–Crippen MR) is 65.2 cm³/mol. The van der Waals surface area contributed by atoms with Crippen molar-refractivity contribution in [1.29, 1.82) is 0 Å². The molecule has 1 saturated heterocycles. The molecule has 3 heteroatoms. The molecule has 1 saturated carbocycles. The van der Waals surface area contributed by atoms with E-state index in [4.69, 9.17) is 0 Å². The van der Waals surface area contributed by atoms with Gasteiger partial charge in [-0.25, -0.2) is 0 Å². The van der Waals surface area contributed by atoms with Gasteiger partial charge >= 0.3 is 0 Å². The van der Waals surface area contributed by atoms with E-state index < -0.39 is 0 Å². The molecule has 2 aliphatic rings. The van der Waals surface area contributed by atoms with Crippen LogP contribution >= 0.6 is 0 Å². The molecule has 0 aromatic heterocycles. The summed E-state index contributed by atoms with van der Waals surface area (Å²) >= 11 is 0. The summed E-state index contributed by atoms with van der Waals surface area (Å²) in [7, 11) is 0. The van der Waals surface area contributed by atoms with Gasteiger partial charge < -0.3 is 10.2 Å². The number of nitrogens with zero attached hydrogens (tertiary/aromatic N) is 1. The average Bonchev–Trinajstić information content (AvgIpc) is 3.03. The normalized spacial score (nSPS) is 28.6. The topological polar surface area (TPSA) is 32.3 Å². The van der Waals surface area contributed by atoms with Gasteiger partial charge in [-0.05, 0) is 38.5 Å². The largest absolute Gasteiger partial charge is 0.338 e. The number of rotatable bonds is 4. The van der Waals surface area contributed by atoms with Crippen molar-refractivity contribution in [2.75, 3.05) is 6.54 Å². The van der Waals surface area contributed by atoms with Gasteiger partial charge in [0.05, 0.1) is 6.04 Å². The fraction of sp³-hybridized carbons (Fsp3) is 0.923. The van der Waals surface area contributed by atoms with Crippen LogP contribution in [0.2, 0.25) is 0 Å². The molecule has 2 fully saturated rings. The highest BCUT2D eigenvalue weighted by molar-refractivity contribution is 5.83. The van der Waals surface area contributed by atoms with Crippen LogP contribution in [0.4, 0.5) is 0 Å². The molecular formula is C13H24N2O. The van der Waals surface area contributed by atoms with Crippen molar-refractivity contribution in [3.8, 4) is 0 Å². The Morgan fingerprint density at radius 3 is 2.50 bits per heavy atom. The fourth-order valence-corrected chi connectivity index (χ4v) is 2.69. The van der Waals surface area contributed by atoms with Crippen molar-refractivity contribution >= 4 is 5.91 Å². The summed E-state index contributed by atoms with van der Waals surface area (Å²) < 4.78 is 0. The second-order valence-electron chi connectivity index (χ2n) is 5.63. The molecule has 2 unspecified atom stereocenters. The first-order chi connectivity index (χ1) is 7.59. The molecule has 2 atom stereocenters. The van der Waals surface area contributed by atoms with Crippen molar-refractivity contribution < 1.29 is 4.79 Å². The van der Waals surface area contributed by atoms with Crippen LogP contribution in [0.25, 0.3) is 0 Å². The Morgan fingerprint density at radius 1 is 1.25 bits per heavy atom. The lowest BCUT2D eigenvalue weighted by Gasteiger charge is -2.37. The highest BCUT2D eigenvalue weighted by Crippen LogP contribution is 2.36. The van der Waals surface area contributed by atoms with Crippen LogP contribution < -0.4 is 5.32 Å². The molecule has 1 N–H and O–H groups in total. The lowest BCUT2D eigenvalue weighted by atomic mass is 10.0. The first kappa shape index (κ1) is 11.9. The third-order valence-electron chi connectivity index (χ3n) is 3.80. The number of carbonyl (C=O) groups excluding carboxylic acids is 1. The number of likely N-dealkylation sites (tertiary alicyclic amines) is 1. The second-order valence-corrected chi connectivity index (χ2v) is 5.63. The Bertz CT molecular complexity index is 261. The Labute approximate surface area is 98.6 Å².